The maximum atomic E-state index is 2.37. The first-order valence-electron chi connectivity index (χ1n) is 8.09. The summed E-state index contributed by atoms with van der Waals surface area (Å²) in [7, 11) is 0. The molecule has 0 nitrogen and oxygen atoms in total. The lowest BCUT2D eigenvalue weighted by molar-refractivity contribution is 0.481. The van der Waals surface area contributed by atoms with Gasteiger partial charge < -0.3 is 0 Å². The Labute approximate surface area is 120 Å². The summed E-state index contributed by atoms with van der Waals surface area (Å²) in [6, 6.07) is 9.48. The van der Waals surface area contributed by atoms with Gasteiger partial charge in [-0.2, -0.15) is 0 Å². The molecule has 1 aromatic rings. The first kappa shape index (κ1) is 16.3. The average Bonchev–Trinajstić information content (AvgIpc) is 2.37. The zero-order valence-corrected chi connectivity index (χ0v) is 13.7. The largest absolute Gasteiger partial charge is 0.0648 e. The smallest absolute Gasteiger partial charge is 0.0141 e. The molecule has 0 N–H and O–H groups in total. The third kappa shape index (κ3) is 4.67. The van der Waals surface area contributed by atoms with Gasteiger partial charge >= 0.3 is 0 Å². The van der Waals surface area contributed by atoms with Crippen LogP contribution < -0.4 is 0 Å². The van der Waals surface area contributed by atoms with Crippen LogP contribution in [-0.4, -0.2) is 0 Å². The maximum absolute atomic E-state index is 2.37. The minimum atomic E-state index is 0.708. The second kappa shape index (κ2) is 7.72. The molecule has 0 aliphatic carbocycles. The van der Waals surface area contributed by atoms with Gasteiger partial charge in [0.15, 0.2) is 0 Å². The van der Waals surface area contributed by atoms with E-state index in [2.05, 4.69) is 65.8 Å². The van der Waals surface area contributed by atoms with E-state index in [0.717, 1.165) is 17.8 Å². The van der Waals surface area contributed by atoms with Crippen LogP contribution in [-0.2, 0) is 0 Å². The third-order valence-electron chi connectivity index (χ3n) is 4.33. The van der Waals surface area contributed by atoms with Gasteiger partial charge in [0.25, 0.3) is 0 Å². The molecular formula is C19H32. The minimum Gasteiger partial charge on any atom is -0.0648 e. The van der Waals surface area contributed by atoms with E-state index in [0.29, 0.717) is 5.92 Å². The van der Waals surface area contributed by atoms with E-state index >= 15 is 0 Å². The lowest BCUT2D eigenvalue weighted by Gasteiger charge is -2.22. The summed E-state index contributed by atoms with van der Waals surface area (Å²) in [6.45, 7) is 13.9. The van der Waals surface area contributed by atoms with Crippen LogP contribution >= 0.6 is 0 Å². The van der Waals surface area contributed by atoms with Crippen molar-refractivity contribution in [2.24, 2.45) is 11.8 Å². The van der Waals surface area contributed by atoms with Gasteiger partial charge in [0, 0.05) is 0 Å². The second-order valence-electron chi connectivity index (χ2n) is 6.66. The fourth-order valence-electron chi connectivity index (χ4n) is 3.21. The van der Waals surface area contributed by atoms with Gasteiger partial charge in [0.1, 0.15) is 0 Å². The predicted octanol–water partition coefficient (Wildman–Crippen LogP) is 6.38. The highest BCUT2D eigenvalue weighted by atomic mass is 14.2. The summed E-state index contributed by atoms with van der Waals surface area (Å²) in [5, 5.41) is 0. The van der Waals surface area contributed by atoms with Crippen molar-refractivity contribution in [2.75, 3.05) is 0 Å². The molecule has 0 saturated heterocycles. The van der Waals surface area contributed by atoms with Crippen LogP contribution in [0.15, 0.2) is 24.3 Å². The zero-order valence-electron chi connectivity index (χ0n) is 13.7. The van der Waals surface area contributed by atoms with Crippen molar-refractivity contribution in [3.05, 3.63) is 35.4 Å². The summed E-state index contributed by atoms with van der Waals surface area (Å²) in [6.07, 6.45) is 3.79. The molecule has 0 aliphatic heterocycles. The molecular weight excluding hydrogens is 228 g/mol. The van der Waals surface area contributed by atoms with E-state index in [9.17, 15) is 0 Å². The molecule has 2 unspecified atom stereocenters. The Morgan fingerprint density at radius 3 is 1.68 bits per heavy atom. The van der Waals surface area contributed by atoms with E-state index in [1.165, 1.54) is 30.4 Å². The Bertz CT molecular complexity index is 345. The lowest BCUT2D eigenvalue weighted by Crippen LogP contribution is -2.06. The van der Waals surface area contributed by atoms with Crippen molar-refractivity contribution in [1.29, 1.82) is 0 Å². The second-order valence-corrected chi connectivity index (χ2v) is 6.66. The highest BCUT2D eigenvalue weighted by Crippen LogP contribution is 2.31. The standard InChI is InChI=1S/C19H32/c1-7-16(13-14(3)4)17-9-11-18(12-10-17)19(8-2)15(5)6/h9-12,14-16,19H,7-8,13H2,1-6H3. The molecule has 0 amide bonds. The number of benzene rings is 1. The minimum absolute atomic E-state index is 0.708. The van der Waals surface area contributed by atoms with Crippen molar-refractivity contribution in [3.8, 4) is 0 Å². The Kier molecular flexibility index (Phi) is 6.62. The molecule has 0 radical (unpaired) electrons. The molecule has 0 aromatic heterocycles. The van der Waals surface area contributed by atoms with Crippen molar-refractivity contribution in [1.82, 2.24) is 0 Å². The fourth-order valence-corrected chi connectivity index (χ4v) is 3.21. The van der Waals surface area contributed by atoms with Gasteiger partial charge in [-0.15, -0.1) is 0 Å². The van der Waals surface area contributed by atoms with Crippen LogP contribution in [0.3, 0.4) is 0 Å². The van der Waals surface area contributed by atoms with Gasteiger partial charge in [-0.1, -0.05) is 65.8 Å². The van der Waals surface area contributed by atoms with Crippen LogP contribution in [0.4, 0.5) is 0 Å². The van der Waals surface area contributed by atoms with Crippen LogP contribution in [0.25, 0.3) is 0 Å². The Balaban J connectivity index is 2.85. The zero-order chi connectivity index (χ0) is 14.4. The normalized spacial score (nSPS) is 14.9. The number of hydrogen-bond donors (Lipinski definition) is 0. The van der Waals surface area contributed by atoms with Gasteiger partial charge in [-0.05, 0) is 54.1 Å². The van der Waals surface area contributed by atoms with E-state index < -0.39 is 0 Å². The van der Waals surface area contributed by atoms with E-state index in [4.69, 9.17) is 0 Å². The van der Waals surface area contributed by atoms with Crippen LogP contribution in [0, 0.1) is 11.8 Å². The number of rotatable bonds is 7. The van der Waals surface area contributed by atoms with Crippen molar-refractivity contribution >= 4 is 0 Å². The molecule has 0 saturated carbocycles. The molecule has 19 heavy (non-hydrogen) atoms. The average molecular weight is 260 g/mol. The highest BCUT2D eigenvalue weighted by molar-refractivity contribution is 5.28. The van der Waals surface area contributed by atoms with Crippen LogP contribution in [0.2, 0.25) is 0 Å². The Hall–Kier alpha value is -0.780. The topological polar surface area (TPSA) is 0 Å². The summed E-state index contributed by atoms with van der Waals surface area (Å²) in [4.78, 5) is 0. The van der Waals surface area contributed by atoms with Crippen molar-refractivity contribution in [2.45, 2.75) is 72.6 Å². The van der Waals surface area contributed by atoms with Crippen LogP contribution in [0.5, 0.6) is 0 Å². The van der Waals surface area contributed by atoms with Gasteiger partial charge in [0.2, 0.25) is 0 Å². The first-order valence-corrected chi connectivity index (χ1v) is 8.09. The molecule has 0 bridgehead atoms. The Morgan fingerprint density at radius 2 is 1.32 bits per heavy atom. The van der Waals surface area contributed by atoms with E-state index in [-0.39, 0.29) is 0 Å². The Morgan fingerprint density at radius 1 is 0.789 bits per heavy atom. The molecule has 0 fully saturated rings. The fraction of sp³-hybridized carbons (Fsp3) is 0.684. The van der Waals surface area contributed by atoms with Crippen LogP contribution in [0.1, 0.15) is 83.8 Å². The quantitative estimate of drug-likeness (QED) is 0.534. The van der Waals surface area contributed by atoms with Gasteiger partial charge in [-0.25, -0.2) is 0 Å². The molecule has 1 aromatic carbocycles. The number of hydrogen-bond acceptors (Lipinski definition) is 0. The van der Waals surface area contributed by atoms with Gasteiger partial charge in [0.05, 0.1) is 0 Å². The molecule has 108 valence electrons. The molecule has 1 rings (SSSR count). The first-order chi connectivity index (χ1) is 8.99. The van der Waals surface area contributed by atoms with Crippen molar-refractivity contribution in [3.63, 3.8) is 0 Å². The third-order valence-corrected chi connectivity index (χ3v) is 4.33. The van der Waals surface area contributed by atoms with Crippen molar-refractivity contribution < 1.29 is 0 Å². The summed E-state index contributed by atoms with van der Waals surface area (Å²) in [5.41, 5.74) is 3.04. The SMILES string of the molecule is CCC(CC(C)C)c1ccc(C(CC)C(C)C)cc1. The monoisotopic (exact) mass is 260 g/mol. The predicted molar refractivity (Wildman–Crippen MR) is 86.8 cm³/mol. The molecule has 0 aliphatic rings. The van der Waals surface area contributed by atoms with Gasteiger partial charge in [-0.3, -0.25) is 0 Å². The van der Waals surface area contributed by atoms with E-state index in [1.807, 2.05) is 0 Å². The summed E-state index contributed by atoms with van der Waals surface area (Å²) < 4.78 is 0. The molecule has 0 heteroatoms. The van der Waals surface area contributed by atoms with E-state index in [1.54, 1.807) is 0 Å². The summed E-state index contributed by atoms with van der Waals surface area (Å²) in [5.74, 6) is 2.95. The molecule has 0 heterocycles. The summed E-state index contributed by atoms with van der Waals surface area (Å²) >= 11 is 0. The molecule has 2 atom stereocenters. The molecule has 0 spiro atoms. The highest BCUT2D eigenvalue weighted by Gasteiger charge is 2.15. The maximum Gasteiger partial charge on any atom is -0.0141 e. The lowest BCUT2D eigenvalue weighted by atomic mass is 9.83.